The van der Waals surface area contributed by atoms with Gasteiger partial charge in [-0.3, -0.25) is 0 Å². The number of aromatic nitrogens is 2. The van der Waals surface area contributed by atoms with Gasteiger partial charge in [-0.2, -0.15) is 16.7 Å². The largest absolute Gasteiger partial charge is 0.393 e. The predicted octanol–water partition coefficient (Wildman–Crippen LogP) is 3.15. The molecule has 4 nitrogen and oxygen atoms in total. The molecule has 0 saturated carbocycles. The van der Waals surface area contributed by atoms with E-state index in [0.717, 1.165) is 12.2 Å². The van der Waals surface area contributed by atoms with Crippen LogP contribution in [0.2, 0.25) is 0 Å². The maximum atomic E-state index is 9.82. The minimum Gasteiger partial charge on any atom is -0.393 e. The maximum absolute atomic E-state index is 9.82. The summed E-state index contributed by atoms with van der Waals surface area (Å²) in [6.07, 6.45) is 3.20. The topological polar surface area (TPSA) is 59.2 Å². The number of hydrogen-bond acceptors (Lipinski definition) is 5. The normalized spacial score (nSPS) is 24.2. The molecule has 0 aromatic carbocycles. The van der Waals surface area contributed by atoms with Crippen molar-refractivity contribution < 1.29 is 9.63 Å². The molecule has 2 heterocycles. The van der Waals surface area contributed by atoms with Crippen molar-refractivity contribution in [3.05, 3.63) is 11.7 Å². The molecule has 1 aromatic rings. The van der Waals surface area contributed by atoms with Crippen LogP contribution in [0.25, 0.3) is 0 Å². The third-order valence-electron chi connectivity index (χ3n) is 3.45. The zero-order valence-electron chi connectivity index (χ0n) is 11.3. The van der Waals surface area contributed by atoms with Gasteiger partial charge in [0.15, 0.2) is 5.82 Å². The van der Waals surface area contributed by atoms with E-state index in [4.69, 9.17) is 4.52 Å². The Hall–Kier alpha value is -0.550. The van der Waals surface area contributed by atoms with Gasteiger partial charge in [-0.1, -0.05) is 25.4 Å². The van der Waals surface area contributed by atoms with E-state index in [-0.39, 0.29) is 11.8 Å². The second-order valence-electron chi connectivity index (χ2n) is 5.36. The van der Waals surface area contributed by atoms with Gasteiger partial charge in [-0.25, -0.2) is 0 Å². The Kier molecular flexibility index (Phi) is 4.67. The lowest BCUT2D eigenvalue weighted by atomic mass is 9.91. The summed E-state index contributed by atoms with van der Waals surface area (Å²) < 4.78 is 5.37. The fraction of sp³-hybridized carbons (Fsp3) is 0.846. The molecule has 18 heavy (non-hydrogen) atoms. The molecular weight excluding hydrogens is 248 g/mol. The van der Waals surface area contributed by atoms with Gasteiger partial charge < -0.3 is 9.63 Å². The van der Waals surface area contributed by atoms with Gasteiger partial charge in [0.05, 0.1) is 17.3 Å². The first-order valence-electron chi connectivity index (χ1n) is 6.72. The van der Waals surface area contributed by atoms with Crippen molar-refractivity contribution in [2.75, 3.05) is 5.75 Å². The summed E-state index contributed by atoms with van der Waals surface area (Å²) in [5.74, 6) is 2.79. The Bertz CT molecular complexity index is 365. The molecule has 1 N–H and O–H groups in total. The van der Waals surface area contributed by atoms with Crippen LogP contribution in [0, 0.1) is 5.92 Å². The van der Waals surface area contributed by atoms with E-state index in [1.165, 1.54) is 18.6 Å². The van der Waals surface area contributed by atoms with Crippen LogP contribution in [0.15, 0.2) is 4.52 Å². The Labute approximate surface area is 113 Å². The third kappa shape index (κ3) is 3.06. The van der Waals surface area contributed by atoms with Crippen molar-refractivity contribution in [1.82, 2.24) is 10.1 Å². The van der Waals surface area contributed by atoms with E-state index in [1.54, 1.807) is 6.92 Å². The number of hydrogen-bond donors (Lipinski definition) is 1. The van der Waals surface area contributed by atoms with Crippen LogP contribution in [0.1, 0.15) is 62.9 Å². The summed E-state index contributed by atoms with van der Waals surface area (Å²) in [6, 6.07) is 0. The highest BCUT2D eigenvalue weighted by Crippen LogP contribution is 2.37. The Morgan fingerprint density at radius 1 is 1.33 bits per heavy atom. The third-order valence-corrected chi connectivity index (χ3v) is 4.82. The molecule has 5 heteroatoms. The van der Waals surface area contributed by atoms with E-state index in [0.29, 0.717) is 11.1 Å². The van der Waals surface area contributed by atoms with Gasteiger partial charge in [0.1, 0.15) is 0 Å². The average Bonchev–Trinajstić information content (AvgIpc) is 2.78. The maximum Gasteiger partial charge on any atom is 0.232 e. The first kappa shape index (κ1) is 13.9. The van der Waals surface area contributed by atoms with Gasteiger partial charge in [0.25, 0.3) is 0 Å². The molecule has 1 aromatic heterocycles. The summed E-state index contributed by atoms with van der Waals surface area (Å²) in [4.78, 5) is 4.52. The molecule has 0 radical (unpaired) electrons. The smallest absolute Gasteiger partial charge is 0.232 e. The minimum absolute atomic E-state index is 0.0696. The summed E-state index contributed by atoms with van der Waals surface area (Å²) >= 11 is 1.91. The first-order chi connectivity index (χ1) is 8.59. The van der Waals surface area contributed by atoms with E-state index >= 15 is 0 Å². The van der Waals surface area contributed by atoms with Crippen LogP contribution in [-0.2, 0) is 0 Å². The SMILES string of the molecule is CC(C)C(c1nc(C2CCCCS2)no1)C(C)O. The van der Waals surface area contributed by atoms with Crippen LogP contribution in [0.5, 0.6) is 0 Å². The monoisotopic (exact) mass is 270 g/mol. The van der Waals surface area contributed by atoms with E-state index in [2.05, 4.69) is 24.0 Å². The molecule has 2 rings (SSSR count). The van der Waals surface area contributed by atoms with Crippen molar-refractivity contribution in [3.8, 4) is 0 Å². The fourth-order valence-electron chi connectivity index (χ4n) is 2.51. The molecule has 1 fully saturated rings. The molecule has 102 valence electrons. The lowest BCUT2D eigenvalue weighted by Gasteiger charge is -2.19. The molecule has 1 aliphatic rings. The second-order valence-corrected chi connectivity index (χ2v) is 6.67. The van der Waals surface area contributed by atoms with E-state index in [1.807, 2.05) is 11.8 Å². The molecule has 1 aliphatic heterocycles. The van der Waals surface area contributed by atoms with Crippen molar-refractivity contribution in [1.29, 1.82) is 0 Å². The highest BCUT2D eigenvalue weighted by molar-refractivity contribution is 7.99. The highest BCUT2D eigenvalue weighted by Gasteiger charge is 2.29. The lowest BCUT2D eigenvalue weighted by molar-refractivity contribution is 0.120. The molecule has 3 atom stereocenters. The van der Waals surface area contributed by atoms with Crippen LogP contribution < -0.4 is 0 Å². The zero-order valence-corrected chi connectivity index (χ0v) is 12.1. The van der Waals surface area contributed by atoms with Gasteiger partial charge >= 0.3 is 0 Å². The summed E-state index contributed by atoms with van der Waals surface area (Å²) in [6.45, 7) is 5.91. The Morgan fingerprint density at radius 3 is 2.67 bits per heavy atom. The molecule has 0 amide bonds. The minimum atomic E-state index is -0.461. The van der Waals surface area contributed by atoms with E-state index < -0.39 is 6.10 Å². The molecule has 3 unspecified atom stereocenters. The van der Waals surface area contributed by atoms with Crippen molar-refractivity contribution in [2.45, 2.75) is 57.3 Å². The number of rotatable bonds is 4. The Morgan fingerprint density at radius 2 is 2.11 bits per heavy atom. The van der Waals surface area contributed by atoms with Crippen LogP contribution in [0.4, 0.5) is 0 Å². The number of aliphatic hydroxyl groups excluding tert-OH is 1. The standard InChI is InChI=1S/C13H22N2O2S/c1-8(2)11(9(3)16)13-14-12(15-17-13)10-6-4-5-7-18-10/h8-11,16H,4-7H2,1-3H3. The van der Waals surface area contributed by atoms with Gasteiger partial charge in [0, 0.05) is 0 Å². The van der Waals surface area contributed by atoms with Crippen LogP contribution in [-0.4, -0.2) is 27.1 Å². The van der Waals surface area contributed by atoms with Crippen LogP contribution >= 0.6 is 11.8 Å². The molecule has 0 spiro atoms. The van der Waals surface area contributed by atoms with Crippen LogP contribution in [0.3, 0.4) is 0 Å². The van der Waals surface area contributed by atoms with E-state index in [9.17, 15) is 5.11 Å². The van der Waals surface area contributed by atoms with Gasteiger partial charge in [0.2, 0.25) is 5.89 Å². The molecule has 0 bridgehead atoms. The number of thioether (sulfide) groups is 1. The highest BCUT2D eigenvalue weighted by atomic mass is 32.2. The number of nitrogens with zero attached hydrogens (tertiary/aromatic N) is 2. The van der Waals surface area contributed by atoms with Crippen molar-refractivity contribution in [3.63, 3.8) is 0 Å². The average molecular weight is 270 g/mol. The van der Waals surface area contributed by atoms with Gasteiger partial charge in [-0.15, -0.1) is 0 Å². The Balaban J connectivity index is 2.13. The molecule has 0 aliphatic carbocycles. The first-order valence-corrected chi connectivity index (χ1v) is 7.77. The fourth-order valence-corrected chi connectivity index (χ4v) is 3.74. The summed E-state index contributed by atoms with van der Waals surface area (Å²) in [7, 11) is 0. The molecule has 1 saturated heterocycles. The second kappa shape index (κ2) is 6.06. The van der Waals surface area contributed by atoms with Crippen molar-refractivity contribution >= 4 is 11.8 Å². The molecular formula is C13H22N2O2S. The predicted molar refractivity (Wildman–Crippen MR) is 72.6 cm³/mol. The van der Waals surface area contributed by atoms with Gasteiger partial charge in [-0.05, 0) is 31.4 Å². The summed E-state index contributed by atoms with van der Waals surface area (Å²) in [5.41, 5.74) is 0. The lowest BCUT2D eigenvalue weighted by Crippen LogP contribution is -2.20. The number of aliphatic hydroxyl groups is 1. The quantitative estimate of drug-likeness (QED) is 0.910. The van der Waals surface area contributed by atoms with Crippen molar-refractivity contribution in [2.24, 2.45) is 5.92 Å². The summed E-state index contributed by atoms with van der Waals surface area (Å²) in [5, 5.41) is 14.3. The zero-order chi connectivity index (χ0) is 13.1.